The number of hydrogen-bond acceptors (Lipinski definition) is 7. The molecule has 1 fully saturated rings. The molecule has 1 saturated heterocycles. The van der Waals surface area contributed by atoms with E-state index in [0.717, 1.165) is 21.3 Å². The van der Waals surface area contributed by atoms with Crippen LogP contribution in [0, 0.1) is 0 Å². The Kier molecular flexibility index (Phi) is 5.42. The molecule has 0 radical (unpaired) electrons. The molecule has 0 aromatic heterocycles. The lowest BCUT2D eigenvalue weighted by Crippen LogP contribution is -2.36. The van der Waals surface area contributed by atoms with Gasteiger partial charge in [0, 0.05) is 28.2 Å². The fourth-order valence-electron chi connectivity index (χ4n) is 2.17. The maximum absolute atomic E-state index is 11.4. The number of thioether (sulfide) groups is 2. The first kappa shape index (κ1) is 16.2. The van der Waals surface area contributed by atoms with Gasteiger partial charge in [-0.25, -0.2) is 0 Å². The number of ether oxygens (including phenoxy) is 3. The molecule has 0 aromatic carbocycles. The minimum atomic E-state index is -0.671. The molecule has 2 rings (SSSR count). The molecule has 7 heteroatoms. The molecule has 2 aliphatic rings. The maximum atomic E-state index is 11.4. The second kappa shape index (κ2) is 6.70. The molecular formula is C13H20O5S2. The number of carbonyl (C=O) groups excluding carboxylic acids is 1. The smallest absolute Gasteiger partial charge is 0.303 e. The average Bonchev–Trinajstić information content (AvgIpc) is 2.76. The third-order valence-electron chi connectivity index (χ3n) is 2.96. The molecule has 20 heavy (non-hydrogen) atoms. The lowest BCUT2D eigenvalue weighted by Gasteiger charge is -2.29. The highest BCUT2D eigenvalue weighted by atomic mass is 32.2. The van der Waals surface area contributed by atoms with Crippen LogP contribution < -0.4 is 0 Å². The van der Waals surface area contributed by atoms with Crippen LogP contribution in [0.1, 0.15) is 20.8 Å². The van der Waals surface area contributed by atoms with Crippen molar-refractivity contribution in [2.24, 2.45) is 0 Å². The molecule has 0 aliphatic carbocycles. The highest BCUT2D eigenvalue weighted by Crippen LogP contribution is 2.40. The van der Waals surface area contributed by atoms with Crippen LogP contribution in [0.15, 0.2) is 9.81 Å². The van der Waals surface area contributed by atoms with E-state index < -0.39 is 11.9 Å². The van der Waals surface area contributed by atoms with Gasteiger partial charge >= 0.3 is 5.97 Å². The Morgan fingerprint density at radius 3 is 2.75 bits per heavy atom. The Balaban J connectivity index is 2.23. The number of rotatable bonds is 4. The molecule has 2 atom stereocenters. The summed E-state index contributed by atoms with van der Waals surface area (Å²) in [5.41, 5.74) is 0. The predicted octanol–water partition coefficient (Wildman–Crippen LogP) is 1.75. The van der Waals surface area contributed by atoms with Gasteiger partial charge < -0.3 is 19.3 Å². The standard InChI is InChI=1S/C13H20O5S2/c1-8(15)17-11(9-7-16-13(2,3)18-9)12-10(6-14)19-4-5-20-12/h9,11,14H,4-7H2,1-3H3/t9-,11+/m0/s1. The van der Waals surface area contributed by atoms with Crippen molar-refractivity contribution >= 4 is 29.5 Å². The van der Waals surface area contributed by atoms with E-state index in [9.17, 15) is 9.90 Å². The van der Waals surface area contributed by atoms with E-state index in [1.165, 1.54) is 6.92 Å². The zero-order chi connectivity index (χ0) is 14.8. The molecule has 0 saturated carbocycles. The van der Waals surface area contributed by atoms with Crippen LogP contribution >= 0.6 is 23.5 Å². The van der Waals surface area contributed by atoms with Crippen molar-refractivity contribution in [1.29, 1.82) is 0 Å². The number of esters is 1. The predicted molar refractivity (Wildman–Crippen MR) is 79.5 cm³/mol. The first-order chi connectivity index (χ1) is 9.43. The summed E-state index contributed by atoms with van der Waals surface area (Å²) in [6.45, 7) is 5.39. The van der Waals surface area contributed by atoms with E-state index in [4.69, 9.17) is 14.2 Å². The van der Waals surface area contributed by atoms with Crippen molar-refractivity contribution in [3.63, 3.8) is 0 Å². The molecule has 2 aliphatic heterocycles. The van der Waals surface area contributed by atoms with E-state index in [1.807, 2.05) is 13.8 Å². The van der Waals surface area contributed by atoms with E-state index in [2.05, 4.69) is 0 Å². The Bertz CT molecular complexity index is 408. The first-order valence-electron chi connectivity index (χ1n) is 6.51. The normalized spacial score (nSPS) is 27.5. The van der Waals surface area contributed by atoms with Crippen molar-refractivity contribution in [1.82, 2.24) is 0 Å². The molecule has 0 amide bonds. The van der Waals surface area contributed by atoms with Gasteiger partial charge in [-0.3, -0.25) is 4.79 Å². The molecule has 1 N–H and O–H groups in total. The summed E-state index contributed by atoms with van der Waals surface area (Å²) in [5, 5.41) is 9.49. The zero-order valence-electron chi connectivity index (χ0n) is 11.9. The van der Waals surface area contributed by atoms with Gasteiger partial charge in [0.1, 0.15) is 6.10 Å². The van der Waals surface area contributed by atoms with Gasteiger partial charge in [0.25, 0.3) is 0 Å². The van der Waals surface area contributed by atoms with Gasteiger partial charge in [-0.05, 0) is 13.8 Å². The van der Waals surface area contributed by atoms with Gasteiger partial charge in [0.15, 0.2) is 11.9 Å². The monoisotopic (exact) mass is 320 g/mol. The Morgan fingerprint density at radius 2 is 2.20 bits per heavy atom. The quantitative estimate of drug-likeness (QED) is 0.792. The van der Waals surface area contributed by atoms with Crippen LogP contribution in [0.4, 0.5) is 0 Å². The molecule has 2 heterocycles. The fourth-order valence-corrected chi connectivity index (χ4v) is 4.60. The lowest BCUT2D eigenvalue weighted by atomic mass is 10.2. The van der Waals surface area contributed by atoms with Crippen LogP contribution in [0.3, 0.4) is 0 Å². The van der Waals surface area contributed by atoms with Crippen molar-refractivity contribution in [3.8, 4) is 0 Å². The maximum Gasteiger partial charge on any atom is 0.303 e. The zero-order valence-corrected chi connectivity index (χ0v) is 13.5. The van der Waals surface area contributed by atoms with Crippen LogP contribution in [-0.4, -0.2) is 53.8 Å². The first-order valence-corrected chi connectivity index (χ1v) is 8.48. The third kappa shape index (κ3) is 3.92. The van der Waals surface area contributed by atoms with Crippen LogP contribution in [-0.2, 0) is 19.0 Å². The second-order valence-corrected chi connectivity index (χ2v) is 7.37. The summed E-state index contributed by atoms with van der Waals surface area (Å²) in [4.78, 5) is 13.1. The SMILES string of the molecule is CC(=O)O[C@@H](C1=C(CO)SCCS1)[C@@H]1COC(C)(C)O1. The van der Waals surface area contributed by atoms with Gasteiger partial charge in [-0.1, -0.05) is 0 Å². The van der Waals surface area contributed by atoms with Crippen molar-refractivity contribution in [2.45, 2.75) is 38.8 Å². The van der Waals surface area contributed by atoms with Crippen LogP contribution in [0.25, 0.3) is 0 Å². The van der Waals surface area contributed by atoms with Crippen molar-refractivity contribution < 1.29 is 24.1 Å². The summed E-state index contributed by atoms with van der Waals surface area (Å²) in [7, 11) is 0. The molecule has 0 unspecified atom stereocenters. The summed E-state index contributed by atoms with van der Waals surface area (Å²) in [5.74, 6) is 0.849. The Labute approximate surface area is 127 Å². The van der Waals surface area contributed by atoms with Crippen molar-refractivity contribution in [3.05, 3.63) is 9.81 Å². The summed E-state index contributed by atoms with van der Waals surface area (Å²) >= 11 is 3.23. The average molecular weight is 320 g/mol. The van der Waals surface area contributed by atoms with Crippen LogP contribution in [0.2, 0.25) is 0 Å². The summed E-state index contributed by atoms with van der Waals surface area (Å²) < 4.78 is 16.8. The second-order valence-electron chi connectivity index (χ2n) is 5.04. The van der Waals surface area contributed by atoms with E-state index >= 15 is 0 Å². The fraction of sp³-hybridized carbons (Fsp3) is 0.769. The number of aliphatic hydroxyl groups is 1. The number of carbonyl (C=O) groups is 1. The highest BCUT2D eigenvalue weighted by Gasteiger charge is 2.41. The molecule has 114 valence electrons. The van der Waals surface area contributed by atoms with Crippen LogP contribution in [0.5, 0.6) is 0 Å². The number of aliphatic hydroxyl groups excluding tert-OH is 1. The van der Waals surface area contributed by atoms with Gasteiger partial charge in [0.2, 0.25) is 0 Å². The van der Waals surface area contributed by atoms with E-state index in [-0.39, 0.29) is 18.7 Å². The van der Waals surface area contributed by atoms with E-state index in [1.54, 1.807) is 23.5 Å². The van der Waals surface area contributed by atoms with Gasteiger partial charge in [0.05, 0.1) is 13.2 Å². The molecular weight excluding hydrogens is 300 g/mol. The van der Waals surface area contributed by atoms with Gasteiger partial charge in [-0.2, -0.15) is 0 Å². The molecule has 0 spiro atoms. The largest absolute Gasteiger partial charge is 0.454 e. The molecule has 0 aromatic rings. The lowest BCUT2D eigenvalue weighted by molar-refractivity contribution is -0.164. The molecule has 5 nitrogen and oxygen atoms in total. The third-order valence-corrected chi connectivity index (χ3v) is 5.65. The Hall–Kier alpha value is -0.210. The van der Waals surface area contributed by atoms with E-state index in [0.29, 0.717) is 6.61 Å². The Morgan fingerprint density at radius 1 is 1.50 bits per heavy atom. The van der Waals surface area contributed by atoms with Gasteiger partial charge in [-0.15, -0.1) is 23.5 Å². The number of hydrogen-bond donors (Lipinski definition) is 1. The minimum Gasteiger partial charge on any atom is -0.454 e. The van der Waals surface area contributed by atoms with Crippen molar-refractivity contribution in [2.75, 3.05) is 24.7 Å². The topological polar surface area (TPSA) is 65.0 Å². The minimum absolute atomic E-state index is 0.0399. The molecule has 0 bridgehead atoms. The summed E-state index contributed by atoms with van der Waals surface area (Å²) in [6, 6.07) is 0. The highest BCUT2D eigenvalue weighted by molar-refractivity contribution is 8.10. The summed E-state index contributed by atoms with van der Waals surface area (Å²) in [6.07, 6.45) is -0.842.